The molecule has 0 aliphatic heterocycles. The van der Waals surface area contributed by atoms with Crippen molar-refractivity contribution in [3.8, 4) is 0 Å². The molecule has 0 amide bonds. The van der Waals surface area contributed by atoms with Crippen LogP contribution in [0, 0.1) is 0 Å². The summed E-state index contributed by atoms with van der Waals surface area (Å²) in [6.07, 6.45) is 4.46. The second-order valence-corrected chi connectivity index (χ2v) is 4.78. The number of benzene rings is 1. The Morgan fingerprint density at radius 3 is 3.11 bits per heavy atom. The number of esters is 1. The molecule has 1 N–H and O–H groups in total. The van der Waals surface area contributed by atoms with E-state index in [1.165, 1.54) is 11.1 Å². The number of hydrogen-bond donors (Lipinski definition) is 1. The molecule has 18 heavy (non-hydrogen) atoms. The van der Waals surface area contributed by atoms with Crippen LogP contribution in [0.4, 0.5) is 0 Å². The normalized spacial score (nSPS) is 18.2. The Labute approximate surface area is 109 Å². The molecule has 0 heterocycles. The zero-order chi connectivity index (χ0) is 12.8. The third-order valence-electron chi connectivity index (χ3n) is 3.40. The van der Waals surface area contributed by atoms with Crippen LogP contribution in [0.2, 0.25) is 0 Å². The van der Waals surface area contributed by atoms with Crippen LogP contribution < -0.4 is 5.32 Å². The van der Waals surface area contributed by atoms with Crippen LogP contribution >= 0.6 is 0 Å². The average Bonchev–Trinajstić information content (AvgIpc) is 2.39. The SMILES string of the molecule is CNCCCC(=O)OC1CCCc2ccccc21. The van der Waals surface area contributed by atoms with Crippen molar-refractivity contribution in [2.45, 2.75) is 38.2 Å². The number of nitrogens with one attached hydrogen (secondary N) is 1. The molecule has 1 aliphatic carbocycles. The fourth-order valence-electron chi connectivity index (χ4n) is 2.46. The summed E-state index contributed by atoms with van der Waals surface area (Å²) in [5.74, 6) is -0.0769. The molecule has 1 aliphatic rings. The van der Waals surface area contributed by atoms with Gasteiger partial charge in [-0.1, -0.05) is 24.3 Å². The third-order valence-corrected chi connectivity index (χ3v) is 3.40. The number of hydrogen-bond acceptors (Lipinski definition) is 3. The molecule has 0 aromatic heterocycles. The van der Waals surface area contributed by atoms with Crippen molar-refractivity contribution in [3.63, 3.8) is 0 Å². The molecule has 0 bridgehead atoms. The van der Waals surface area contributed by atoms with Gasteiger partial charge in [0, 0.05) is 6.42 Å². The van der Waals surface area contributed by atoms with Gasteiger partial charge in [-0.2, -0.15) is 0 Å². The molecule has 1 atom stereocenters. The first-order chi connectivity index (χ1) is 8.81. The highest BCUT2D eigenvalue weighted by Crippen LogP contribution is 2.32. The standard InChI is InChI=1S/C15H21NO2/c1-16-11-5-10-15(17)18-14-9-4-7-12-6-2-3-8-13(12)14/h2-3,6,8,14,16H,4-5,7,9-11H2,1H3. The lowest BCUT2D eigenvalue weighted by molar-refractivity contribution is -0.150. The Hall–Kier alpha value is -1.35. The fraction of sp³-hybridized carbons (Fsp3) is 0.533. The monoisotopic (exact) mass is 247 g/mol. The molecule has 3 heteroatoms. The topological polar surface area (TPSA) is 38.3 Å². The highest BCUT2D eigenvalue weighted by atomic mass is 16.5. The Morgan fingerprint density at radius 1 is 1.44 bits per heavy atom. The molecule has 0 saturated carbocycles. The quantitative estimate of drug-likeness (QED) is 0.642. The van der Waals surface area contributed by atoms with E-state index in [1.807, 2.05) is 13.1 Å². The van der Waals surface area contributed by atoms with E-state index in [0.29, 0.717) is 6.42 Å². The number of carbonyl (C=O) groups is 1. The zero-order valence-corrected chi connectivity index (χ0v) is 10.9. The summed E-state index contributed by atoms with van der Waals surface area (Å²) in [6, 6.07) is 8.29. The summed E-state index contributed by atoms with van der Waals surface area (Å²) >= 11 is 0. The van der Waals surface area contributed by atoms with Crippen LogP contribution in [-0.2, 0) is 16.0 Å². The maximum Gasteiger partial charge on any atom is 0.306 e. The van der Waals surface area contributed by atoms with Gasteiger partial charge < -0.3 is 10.1 Å². The highest BCUT2D eigenvalue weighted by Gasteiger charge is 2.22. The van der Waals surface area contributed by atoms with Gasteiger partial charge in [0.2, 0.25) is 0 Å². The van der Waals surface area contributed by atoms with Crippen LogP contribution in [0.1, 0.15) is 42.9 Å². The van der Waals surface area contributed by atoms with Gasteiger partial charge in [0.05, 0.1) is 0 Å². The van der Waals surface area contributed by atoms with Crippen LogP contribution in [0.25, 0.3) is 0 Å². The van der Waals surface area contributed by atoms with Crippen LogP contribution in [0.5, 0.6) is 0 Å². The van der Waals surface area contributed by atoms with E-state index in [9.17, 15) is 4.79 Å². The minimum Gasteiger partial charge on any atom is -0.457 e. The molecule has 0 fully saturated rings. The first-order valence-corrected chi connectivity index (χ1v) is 6.73. The van der Waals surface area contributed by atoms with Crippen molar-refractivity contribution >= 4 is 5.97 Å². The number of aryl methyl sites for hydroxylation is 1. The average molecular weight is 247 g/mol. The molecule has 98 valence electrons. The lowest BCUT2D eigenvalue weighted by Crippen LogP contribution is -2.17. The van der Waals surface area contributed by atoms with E-state index in [4.69, 9.17) is 4.74 Å². The lowest BCUT2D eigenvalue weighted by atomic mass is 9.89. The molecule has 3 nitrogen and oxygen atoms in total. The van der Waals surface area contributed by atoms with E-state index >= 15 is 0 Å². The minimum absolute atomic E-state index is 0.0305. The molecule has 0 spiro atoms. The lowest BCUT2D eigenvalue weighted by Gasteiger charge is -2.25. The fourth-order valence-corrected chi connectivity index (χ4v) is 2.46. The second kappa shape index (κ2) is 6.55. The van der Waals surface area contributed by atoms with Gasteiger partial charge in [-0.25, -0.2) is 0 Å². The third kappa shape index (κ3) is 3.33. The predicted octanol–water partition coefficient (Wildman–Crippen LogP) is 2.61. The summed E-state index contributed by atoms with van der Waals surface area (Å²) in [7, 11) is 1.89. The summed E-state index contributed by atoms with van der Waals surface area (Å²) in [5.41, 5.74) is 2.53. The maximum absolute atomic E-state index is 11.7. The Morgan fingerprint density at radius 2 is 2.28 bits per heavy atom. The second-order valence-electron chi connectivity index (χ2n) is 4.78. The summed E-state index contributed by atoms with van der Waals surface area (Å²) < 4.78 is 5.60. The largest absolute Gasteiger partial charge is 0.457 e. The zero-order valence-electron chi connectivity index (χ0n) is 10.9. The van der Waals surface area contributed by atoms with Crippen molar-refractivity contribution in [1.29, 1.82) is 0 Å². The van der Waals surface area contributed by atoms with Gasteiger partial charge in [-0.3, -0.25) is 4.79 Å². The van der Waals surface area contributed by atoms with Crippen LogP contribution in [0.3, 0.4) is 0 Å². The number of rotatable bonds is 5. The van der Waals surface area contributed by atoms with Gasteiger partial charge in [-0.05, 0) is 50.4 Å². The van der Waals surface area contributed by atoms with Crippen molar-refractivity contribution in [2.24, 2.45) is 0 Å². The smallest absolute Gasteiger partial charge is 0.306 e. The Bertz CT molecular complexity index is 403. The molecule has 0 radical (unpaired) electrons. The summed E-state index contributed by atoms with van der Waals surface area (Å²) in [6.45, 7) is 0.857. The highest BCUT2D eigenvalue weighted by molar-refractivity contribution is 5.69. The van der Waals surface area contributed by atoms with Crippen molar-refractivity contribution in [2.75, 3.05) is 13.6 Å². The van der Waals surface area contributed by atoms with Crippen molar-refractivity contribution < 1.29 is 9.53 Å². The Kier molecular flexibility index (Phi) is 4.76. The van der Waals surface area contributed by atoms with E-state index < -0.39 is 0 Å². The molecule has 1 unspecified atom stereocenters. The molecule has 0 saturated heterocycles. The number of ether oxygens (including phenoxy) is 1. The molecular weight excluding hydrogens is 226 g/mol. The maximum atomic E-state index is 11.7. The van der Waals surface area contributed by atoms with Crippen LogP contribution in [-0.4, -0.2) is 19.6 Å². The van der Waals surface area contributed by atoms with Gasteiger partial charge in [0.15, 0.2) is 0 Å². The molecule has 1 aromatic carbocycles. The molecule has 1 aromatic rings. The minimum atomic E-state index is -0.0769. The van der Waals surface area contributed by atoms with E-state index in [1.54, 1.807) is 0 Å². The number of fused-ring (bicyclic) bond motifs is 1. The van der Waals surface area contributed by atoms with Crippen molar-refractivity contribution in [1.82, 2.24) is 5.32 Å². The van der Waals surface area contributed by atoms with Gasteiger partial charge in [0.25, 0.3) is 0 Å². The first-order valence-electron chi connectivity index (χ1n) is 6.73. The van der Waals surface area contributed by atoms with E-state index in [2.05, 4.69) is 23.5 Å². The first kappa shape index (κ1) is 13.1. The Balaban J connectivity index is 1.92. The molecular formula is C15H21NO2. The van der Waals surface area contributed by atoms with Crippen LogP contribution in [0.15, 0.2) is 24.3 Å². The summed E-state index contributed by atoms with van der Waals surface area (Å²) in [5, 5.41) is 3.03. The summed E-state index contributed by atoms with van der Waals surface area (Å²) in [4.78, 5) is 11.7. The van der Waals surface area contributed by atoms with Gasteiger partial charge in [0.1, 0.15) is 6.10 Å². The van der Waals surface area contributed by atoms with Crippen molar-refractivity contribution in [3.05, 3.63) is 35.4 Å². The van der Waals surface area contributed by atoms with E-state index in [0.717, 1.165) is 32.2 Å². The van der Waals surface area contributed by atoms with E-state index in [-0.39, 0.29) is 12.1 Å². The predicted molar refractivity (Wildman–Crippen MR) is 71.4 cm³/mol. The van der Waals surface area contributed by atoms with Gasteiger partial charge in [-0.15, -0.1) is 0 Å². The van der Waals surface area contributed by atoms with Gasteiger partial charge >= 0.3 is 5.97 Å². The number of carbonyl (C=O) groups excluding carboxylic acids is 1. The molecule has 2 rings (SSSR count).